The standard InChI is InChI=1S/C8H13NO/c1-3-8(10)4-7(2,5-8)6-9/h10H,3-5H2,1-2H3. The van der Waals surface area contributed by atoms with Gasteiger partial charge in [-0.3, -0.25) is 0 Å². The van der Waals surface area contributed by atoms with Gasteiger partial charge in [0.25, 0.3) is 0 Å². The second kappa shape index (κ2) is 1.96. The molecule has 0 amide bonds. The molecule has 1 aliphatic rings. The van der Waals surface area contributed by atoms with Gasteiger partial charge in [-0.1, -0.05) is 6.92 Å². The second-order valence-corrected chi connectivity index (χ2v) is 3.60. The zero-order valence-electron chi connectivity index (χ0n) is 6.52. The van der Waals surface area contributed by atoms with Gasteiger partial charge >= 0.3 is 0 Å². The minimum Gasteiger partial charge on any atom is -0.390 e. The monoisotopic (exact) mass is 139 g/mol. The molecule has 56 valence electrons. The molecule has 0 unspecified atom stereocenters. The van der Waals surface area contributed by atoms with Crippen LogP contribution in [0.25, 0.3) is 0 Å². The zero-order valence-corrected chi connectivity index (χ0v) is 6.52. The van der Waals surface area contributed by atoms with Crippen LogP contribution in [0, 0.1) is 16.7 Å². The molecule has 1 aliphatic carbocycles. The van der Waals surface area contributed by atoms with Crippen molar-refractivity contribution in [2.24, 2.45) is 5.41 Å². The lowest BCUT2D eigenvalue weighted by Gasteiger charge is -2.47. The Morgan fingerprint density at radius 3 is 2.40 bits per heavy atom. The summed E-state index contributed by atoms with van der Waals surface area (Å²) >= 11 is 0. The average Bonchev–Trinajstić information content (AvgIpc) is 1.85. The Bertz CT molecular complexity index is 174. The van der Waals surface area contributed by atoms with Crippen LogP contribution in [0.3, 0.4) is 0 Å². The molecule has 0 atom stereocenters. The summed E-state index contributed by atoms with van der Waals surface area (Å²) in [7, 11) is 0. The molecule has 2 heteroatoms. The first-order valence-corrected chi connectivity index (χ1v) is 3.67. The Morgan fingerprint density at radius 2 is 2.10 bits per heavy atom. The number of hydrogen-bond donors (Lipinski definition) is 1. The molecule has 0 saturated heterocycles. The summed E-state index contributed by atoms with van der Waals surface area (Å²) in [5.41, 5.74) is -0.769. The van der Waals surface area contributed by atoms with Crippen molar-refractivity contribution in [3.8, 4) is 6.07 Å². The topological polar surface area (TPSA) is 44.0 Å². The lowest BCUT2D eigenvalue weighted by atomic mass is 9.60. The Morgan fingerprint density at radius 1 is 1.60 bits per heavy atom. The van der Waals surface area contributed by atoms with Gasteiger partial charge in [-0.15, -0.1) is 0 Å². The van der Waals surface area contributed by atoms with E-state index in [9.17, 15) is 5.11 Å². The second-order valence-electron chi connectivity index (χ2n) is 3.60. The fourth-order valence-electron chi connectivity index (χ4n) is 1.73. The summed E-state index contributed by atoms with van der Waals surface area (Å²) < 4.78 is 0. The van der Waals surface area contributed by atoms with Crippen molar-refractivity contribution in [1.82, 2.24) is 0 Å². The van der Waals surface area contributed by atoms with Crippen LogP contribution in [0.2, 0.25) is 0 Å². The van der Waals surface area contributed by atoms with Crippen LogP contribution in [0.4, 0.5) is 0 Å². The first-order valence-electron chi connectivity index (χ1n) is 3.67. The number of hydrogen-bond acceptors (Lipinski definition) is 2. The molecule has 0 aliphatic heterocycles. The first kappa shape index (κ1) is 7.56. The SMILES string of the molecule is CCC1(O)CC(C)(C#N)C1. The van der Waals surface area contributed by atoms with Crippen molar-refractivity contribution in [3.63, 3.8) is 0 Å². The minimum atomic E-state index is -0.523. The predicted octanol–water partition coefficient (Wildman–Crippen LogP) is 1.45. The highest BCUT2D eigenvalue weighted by molar-refractivity contribution is 5.11. The Balaban J connectivity index is 2.52. The number of aliphatic hydroxyl groups is 1. The van der Waals surface area contributed by atoms with E-state index in [4.69, 9.17) is 5.26 Å². The fraction of sp³-hybridized carbons (Fsp3) is 0.875. The molecular formula is C8H13NO. The predicted molar refractivity (Wildman–Crippen MR) is 38.2 cm³/mol. The molecule has 1 N–H and O–H groups in total. The zero-order chi connectivity index (χ0) is 7.83. The van der Waals surface area contributed by atoms with Crippen molar-refractivity contribution in [1.29, 1.82) is 5.26 Å². The third kappa shape index (κ3) is 1.02. The van der Waals surface area contributed by atoms with E-state index in [0.29, 0.717) is 12.8 Å². The smallest absolute Gasteiger partial charge is 0.0689 e. The van der Waals surface area contributed by atoms with E-state index in [-0.39, 0.29) is 5.41 Å². The number of nitriles is 1. The van der Waals surface area contributed by atoms with Crippen LogP contribution >= 0.6 is 0 Å². The highest BCUT2D eigenvalue weighted by atomic mass is 16.3. The quantitative estimate of drug-likeness (QED) is 0.597. The van der Waals surface area contributed by atoms with Gasteiger partial charge in [-0.05, 0) is 26.2 Å². The molecule has 1 saturated carbocycles. The van der Waals surface area contributed by atoms with E-state index in [1.165, 1.54) is 0 Å². The summed E-state index contributed by atoms with van der Waals surface area (Å²) in [6.45, 7) is 3.86. The van der Waals surface area contributed by atoms with Crippen LogP contribution in [0.1, 0.15) is 33.1 Å². The lowest BCUT2D eigenvalue weighted by Crippen LogP contribution is -2.49. The molecule has 0 bridgehead atoms. The third-order valence-electron chi connectivity index (χ3n) is 2.37. The van der Waals surface area contributed by atoms with Crippen molar-refractivity contribution in [2.75, 3.05) is 0 Å². The third-order valence-corrected chi connectivity index (χ3v) is 2.37. The molecule has 0 aromatic carbocycles. The van der Waals surface area contributed by atoms with Gasteiger partial charge in [0.05, 0.1) is 17.1 Å². The highest BCUT2D eigenvalue weighted by Gasteiger charge is 2.49. The Kier molecular flexibility index (Phi) is 1.48. The molecule has 0 aromatic heterocycles. The summed E-state index contributed by atoms with van der Waals surface area (Å²) in [4.78, 5) is 0. The molecule has 0 aromatic rings. The largest absolute Gasteiger partial charge is 0.390 e. The highest BCUT2D eigenvalue weighted by Crippen LogP contribution is 2.49. The normalized spacial score (nSPS) is 45.8. The van der Waals surface area contributed by atoms with E-state index in [1.54, 1.807) is 0 Å². The molecular weight excluding hydrogens is 126 g/mol. The van der Waals surface area contributed by atoms with Gasteiger partial charge in [0.1, 0.15) is 0 Å². The summed E-state index contributed by atoms with van der Waals surface area (Å²) in [6.07, 6.45) is 2.06. The Hall–Kier alpha value is -0.550. The molecule has 1 fully saturated rings. The molecule has 0 spiro atoms. The Labute approximate surface area is 61.5 Å². The first-order chi connectivity index (χ1) is 4.54. The van der Waals surface area contributed by atoms with E-state index in [1.807, 2.05) is 13.8 Å². The number of nitrogens with zero attached hydrogens (tertiary/aromatic N) is 1. The van der Waals surface area contributed by atoms with E-state index in [0.717, 1.165) is 6.42 Å². The maximum Gasteiger partial charge on any atom is 0.0689 e. The van der Waals surface area contributed by atoms with Gasteiger partial charge in [-0.25, -0.2) is 0 Å². The van der Waals surface area contributed by atoms with Crippen molar-refractivity contribution >= 4 is 0 Å². The maximum absolute atomic E-state index is 9.53. The van der Waals surface area contributed by atoms with Crippen LogP contribution in [0.15, 0.2) is 0 Å². The van der Waals surface area contributed by atoms with Crippen LogP contribution in [0.5, 0.6) is 0 Å². The molecule has 10 heavy (non-hydrogen) atoms. The lowest BCUT2D eigenvalue weighted by molar-refractivity contribution is -0.0980. The summed E-state index contributed by atoms with van der Waals surface area (Å²) in [5.74, 6) is 0. The van der Waals surface area contributed by atoms with Gasteiger partial charge in [0, 0.05) is 0 Å². The molecule has 0 heterocycles. The van der Waals surface area contributed by atoms with Gasteiger partial charge < -0.3 is 5.11 Å². The maximum atomic E-state index is 9.53. The molecule has 0 radical (unpaired) electrons. The fourth-order valence-corrected chi connectivity index (χ4v) is 1.73. The summed E-state index contributed by atoms with van der Waals surface area (Å²) in [6, 6.07) is 2.21. The van der Waals surface area contributed by atoms with Crippen LogP contribution < -0.4 is 0 Å². The summed E-state index contributed by atoms with van der Waals surface area (Å²) in [5, 5.41) is 18.1. The van der Waals surface area contributed by atoms with Crippen LogP contribution in [-0.4, -0.2) is 10.7 Å². The van der Waals surface area contributed by atoms with E-state index in [2.05, 4.69) is 6.07 Å². The van der Waals surface area contributed by atoms with E-state index >= 15 is 0 Å². The van der Waals surface area contributed by atoms with Gasteiger partial charge in [-0.2, -0.15) is 5.26 Å². The molecule has 2 nitrogen and oxygen atoms in total. The average molecular weight is 139 g/mol. The van der Waals surface area contributed by atoms with Crippen molar-refractivity contribution < 1.29 is 5.11 Å². The van der Waals surface area contributed by atoms with Crippen LogP contribution in [-0.2, 0) is 0 Å². The van der Waals surface area contributed by atoms with E-state index < -0.39 is 5.60 Å². The minimum absolute atomic E-state index is 0.245. The van der Waals surface area contributed by atoms with Gasteiger partial charge in [0.2, 0.25) is 0 Å². The van der Waals surface area contributed by atoms with Crippen molar-refractivity contribution in [2.45, 2.75) is 38.7 Å². The number of rotatable bonds is 1. The molecule has 1 rings (SSSR count). The van der Waals surface area contributed by atoms with Gasteiger partial charge in [0.15, 0.2) is 0 Å². The van der Waals surface area contributed by atoms with Crippen molar-refractivity contribution in [3.05, 3.63) is 0 Å².